The van der Waals surface area contributed by atoms with Gasteiger partial charge < -0.3 is 15.8 Å². The molecular formula is C16H26N2O2. The molecule has 0 radical (unpaired) electrons. The Morgan fingerprint density at radius 1 is 1.35 bits per heavy atom. The van der Waals surface area contributed by atoms with Gasteiger partial charge in [0, 0.05) is 18.2 Å². The van der Waals surface area contributed by atoms with Gasteiger partial charge in [-0.25, -0.2) is 0 Å². The molecule has 4 nitrogen and oxygen atoms in total. The molecule has 1 aromatic carbocycles. The van der Waals surface area contributed by atoms with Gasteiger partial charge in [-0.05, 0) is 24.8 Å². The number of hydrogen-bond acceptors (Lipinski definition) is 3. The third kappa shape index (κ3) is 5.61. The van der Waals surface area contributed by atoms with Crippen molar-refractivity contribution in [3.05, 3.63) is 29.8 Å². The highest BCUT2D eigenvalue weighted by Crippen LogP contribution is 2.25. The summed E-state index contributed by atoms with van der Waals surface area (Å²) >= 11 is 0. The predicted molar refractivity (Wildman–Crippen MR) is 81.6 cm³/mol. The molecule has 1 aromatic rings. The Hall–Kier alpha value is -1.55. The molecule has 3 N–H and O–H groups in total. The van der Waals surface area contributed by atoms with Crippen LogP contribution in [-0.4, -0.2) is 19.1 Å². The summed E-state index contributed by atoms with van der Waals surface area (Å²) < 4.78 is 5.59. The van der Waals surface area contributed by atoms with Crippen molar-refractivity contribution in [3.63, 3.8) is 0 Å². The Balaban J connectivity index is 2.47. The molecule has 1 atom stereocenters. The molecule has 0 fully saturated rings. The van der Waals surface area contributed by atoms with Gasteiger partial charge in [0.1, 0.15) is 5.75 Å². The van der Waals surface area contributed by atoms with Crippen molar-refractivity contribution in [1.29, 1.82) is 0 Å². The summed E-state index contributed by atoms with van der Waals surface area (Å²) in [6.07, 6.45) is 1.81. The lowest BCUT2D eigenvalue weighted by atomic mass is 10.0. The molecule has 0 aliphatic rings. The van der Waals surface area contributed by atoms with Gasteiger partial charge in [-0.2, -0.15) is 0 Å². The second-order valence-electron chi connectivity index (χ2n) is 5.37. The zero-order chi connectivity index (χ0) is 15.0. The SMILES string of the molecule is CCC(N)c1ccccc1OCC(=O)NCCC(C)C. The van der Waals surface area contributed by atoms with Crippen LogP contribution in [-0.2, 0) is 4.79 Å². The van der Waals surface area contributed by atoms with Crippen molar-refractivity contribution in [2.24, 2.45) is 11.7 Å². The number of para-hydroxylation sites is 1. The molecule has 20 heavy (non-hydrogen) atoms. The average Bonchev–Trinajstić information content (AvgIpc) is 2.44. The van der Waals surface area contributed by atoms with E-state index < -0.39 is 0 Å². The summed E-state index contributed by atoms with van der Waals surface area (Å²) in [6.45, 7) is 7.01. The van der Waals surface area contributed by atoms with Gasteiger partial charge in [0.25, 0.3) is 5.91 Å². The van der Waals surface area contributed by atoms with Crippen LogP contribution >= 0.6 is 0 Å². The molecule has 1 rings (SSSR count). The lowest BCUT2D eigenvalue weighted by Crippen LogP contribution is -2.30. The topological polar surface area (TPSA) is 64.3 Å². The second kappa shape index (κ2) is 8.59. The van der Waals surface area contributed by atoms with Crippen molar-refractivity contribution in [3.8, 4) is 5.75 Å². The Morgan fingerprint density at radius 3 is 2.70 bits per heavy atom. The Labute approximate surface area is 121 Å². The molecule has 0 heterocycles. The molecule has 1 unspecified atom stereocenters. The standard InChI is InChI=1S/C16H26N2O2/c1-4-14(17)13-7-5-6-8-15(13)20-11-16(19)18-10-9-12(2)3/h5-8,12,14H,4,9-11,17H2,1-3H3,(H,18,19). The lowest BCUT2D eigenvalue weighted by molar-refractivity contribution is -0.123. The quantitative estimate of drug-likeness (QED) is 0.768. The molecule has 0 aliphatic carbocycles. The first-order chi connectivity index (χ1) is 9.54. The van der Waals surface area contributed by atoms with E-state index in [0.717, 1.165) is 18.4 Å². The summed E-state index contributed by atoms with van der Waals surface area (Å²) in [4.78, 5) is 11.7. The van der Waals surface area contributed by atoms with Crippen molar-refractivity contribution >= 4 is 5.91 Å². The number of nitrogens with two attached hydrogens (primary N) is 1. The molecule has 4 heteroatoms. The molecule has 1 amide bonds. The number of carbonyl (C=O) groups excluding carboxylic acids is 1. The van der Waals surface area contributed by atoms with Gasteiger partial charge >= 0.3 is 0 Å². The van der Waals surface area contributed by atoms with Crippen LogP contribution in [0.2, 0.25) is 0 Å². The molecule has 0 aromatic heterocycles. The molecule has 112 valence electrons. The van der Waals surface area contributed by atoms with Crippen LogP contribution in [0.4, 0.5) is 0 Å². The van der Waals surface area contributed by atoms with Crippen LogP contribution in [0.3, 0.4) is 0 Å². The smallest absolute Gasteiger partial charge is 0.257 e. The van der Waals surface area contributed by atoms with Gasteiger partial charge in [-0.3, -0.25) is 4.79 Å². The van der Waals surface area contributed by atoms with E-state index in [2.05, 4.69) is 19.2 Å². The summed E-state index contributed by atoms with van der Waals surface area (Å²) in [5.74, 6) is 1.19. The van der Waals surface area contributed by atoms with Crippen LogP contribution in [0.15, 0.2) is 24.3 Å². The minimum absolute atomic E-state index is 0.0333. The van der Waals surface area contributed by atoms with E-state index in [1.165, 1.54) is 0 Å². The zero-order valence-electron chi connectivity index (χ0n) is 12.7. The fraction of sp³-hybridized carbons (Fsp3) is 0.562. The summed E-state index contributed by atoms with van der Waals surface area (Å²) in [5.41, 5.74) is 6.98. The third-order valence-corrected chi connectivity index (χ3v) is 3.16. The predicted octanol–water partition coefficient (Wildman–Crippen LogP) is 2.64. The second-order valence-corrected chi connectivity index (χ2v) is 5.37. The van der Waals surface area contributed by atoms with E-state index in [1.807, 2.05) is 31.2 Å². The van der Waals surface area contributed by atoms with Gasteiger partial charge in [-0.15, -0.1) is 0 Å². The largest absolute Gasteiger partial charge is 0.483 e. The van der Waals surface area contributed by atoms with Crippen molar-refractivity contribution in [2.75, 3.05) is 13.2 Å². The summed E-state index contributed by atoms with van der Waals surface area (Å²) in [6, 6.07) is 7.56. The van der Waals surface area contributed by atoms with E-state index in [4.69, 9.17) is 10.5 Å². The Bertz CT molecular complexity index is 419. The molecule has 0 aliphatic heterocycles. The highest BCUT2D eigenvalue weighted by atomic mass is 16.5. The number of benzene rings is 1. The van der Waals surface area contributed by atoms with E-state index in [9.17, 15) is 4.79 Å². The summed E-state index contributed by atoms with van der Waals surface area (Å²) in [7, 11) is 0. The molecular weight excluding hydrogens is 252 g/mol. The van der Waals surface area contributed by atoms with Gasteiger partial charge in [0.2, 0.25) is 0 Å². The number of ether oxygens (including phenoxy) is 1. The highest BCUT2D eigenvalue weighted by Gasteiger charge is 2.11. The van der Waals surface area contributed by atoms with E-state index >= 15 is 0 Å². The molecule has 0 bridgehead atoms. The first-order valence-corrected chi connectivity index (χ1v) is 7.28. The van der Waals surface area contributed by atoms with Crippen LogP contribution in [0.25, 0.3) is 0 Å². The van der Waals surface area contributed by atoms with Gasteiger partial charge in [0.05, 0.1) is 0 Å². The minimum atomic E-state index is -0.0921. The number of nitrogens with one attached hydrogen (secondary N) is 1. The van der Waals surface area contributed by atoms with Gasteiger partial charge in [0.15, 0.2) is 6.61 Å². The minimum Gasteiger partial charge on any atom is -0.483 e. The number of amides is 1. The molecule has 0 spiro atoms. The van der Waals surface area contributed by atoms with Crippen LogP contribution in [0.1, 0.15) is 45.2 Å². The fourth-order valence-corrected chi connectivity index (χ4v) is 1.83. The normalized spacial score (nSPS) is 12.2. The average molecular weight is 278 g/mol. The molecule has 0 saturated carbocycles. The van der Waals surface area contributed by atoms with Crippen molar-refractivity contribution < 1.29 is 9.53 Å². The first-order valence-electron chi connectivity index (χ1n) is 7.28. The number of carbonyl (C=O) groups is 1. The number of rotatable bonds is 8. The summed E-state index contributed by atoms with van der Waals surface area (Å²) in [5, 5.41) is 2.85. The van der Waals surface area contributed by atoms with E-state index in [0.29, 0.717) is 18.2 Å². The van der Waals surface area contributed by atoms with E-state index in [1.54, 1.807) is 0 Å². The van der Waals surface area contributed by atoms with Crippen LogP contribution in [0, 0.1) is 5.92 Å². The van der Waals surface area contributed by atoms with E-state index in [-0.39, 0.29) is 18.6 Å². The molecule has 0 saturated heterocycles. The Morgan fingerprint density at radius 2 is 2.05 bits per heavy atom. The fourth-order valence-electron chi connectivity index (χ4n) is 1.83. The van der Waals surface area contributed by atoms with Crippen molar-refractivity contribution in [1.82, 2.24) is 5.32 Å². The van der Waals surface area contributed by atoms with Crippen molar-refractivity contribution in [2.45, 2.75) is 39.7 Å². The van der Waals surface area contributed by atoms with Crippen LogP contribution in [0.5, 0.6) is 5.75 Å². The van der Waals surface area contributed by atoms with Crippen LogP contribution < -0.4 is 15.8 Å². The Kier molecular flexibility index (Phi) is 7.09. The van der Waals surface area contributed by atoms with Gasteiger partial charge in [-0.1, -0.05) is 39.0 Å². The lowest BCUT2D eigenvalue weighted by Gasteiger charge is -2.15. The first kappa shape index (κ1) is 16.5. The maximum atomic E-state index is 11.7. The number of hydrogen-bond donors (Lipinski definition) is 2. The highest BCUT2D eigenvalue weighted by molar-refractivity contribution is 5.77. The third-order valence-electron chi connectivity index (χ3n) is 3.16. The maximum Gasteiger partial charge on any atom is 0.257 e. The maximum absolute atomic E-state index is 11.7. The monoisotopic (exact) mass is 278 g/mol. The zero-order valence-corrected chi connectivity index (χ0v) is 12.7.